The number of aromatic carboxylic acids is 1. The number of rotatable bonds is 9. The molecule has 188 valence electrons. The smallest absolute Gasteiger partial charge is 0.335 e. The van der Waals surface area contributed by atoms with Crippen molar-refractivity contribution >= 4 is 22.8 Å². The molecule has 1 saturated carbocycles. The summed E-state index contributed by atoms with van der Waals surface area (Å²) < 4.78 is 20.2. The Morgan fingerprint density at radius 1 is 1.08 bits per heavy atom. The normalized spacial score (nSPS) is 12.9. The fourth-order valence-electron chi connectivity index (χ4n) is 4.15. The van der Waals surface area contributed by atoms with Gasteiger partial charge < -0.3 is 20.1 Å². The Labute approximate surface area is 211 Å². The predicted molar refractivity (Wildman–Crippen MR) is 135 cm³/mol. The summed E-state index contributed by atoms with van der Waals surface area (Å²) in [5.41, 5.74) is 2.61. The highest BCUT2D eigenvalue weighted by Crippen LogP contribution is 2.40. The van der Waals surface area contributed by atoms with Gasteiger partial charge >= 0.3 is 5.97 Å². The van der Waals surface area contributed by atoms with Gasteiger partial charge in [-0.1, -0.05) is 36.4 Å². The Balaban J connectivity index is 1.29. The SMILES string of the molecule is O=C(O)c1ccc(CCOc2c(F)ccc3nc(C(=O)NCc4cccc(C5CC5)c4)[nH]c(=O)c23)cc1. The van der Waals surface area contributed by atoms with Gasteiger partial charge in [-0.15, -0.1) is 0 Å². The van der Waals surface area contributed by atoms with E-state index in [1.54, 1.807) is 12.1 Å². The summed E-state index contributed by atoms with van der Waals surface area (Å²) in [5, 5.41) is 11.7. The van der Waals surface area contributed by atoms with Crippen molar-refractivity contribution in [3.63, 3.8) is 0 Å². The second kappa shape index (κ2) is 10.2. The molecule has 1 heterocycles. The van der Waals surface area contributed by atoms with Crippen molar-refractivity contribution in [1.82, 2.24) is 15.3 Å². The number of hydrogen-bond acceptors (Lipinski definition) is 5. The molecule has 1 fully saturated rings. The average molecular weight is 502 g/mol. The van der Waals surface area contributed by atoms with Gasteiger partial charge in [0, 0.05) is 13.0 Å². The van der Waals surface area contributed by atoms with E-state index in [1.807, 2.05) is 12.1 Å². The fourth-order valence-corrected chi connectivity index (χ4v) is 4.15. The molecule has 37 heavy (non-hydrogen) atoms. The molecule has 1 aliphatic rings. The van der Waals surface area contributed by atoms with Crippen LogP contribution in [0.25, 0.3) is 10.9 Å². The molecule has 0 unspecified atom stereocenters. The standard InChI is InChI=1S/C28H24FN3O5/c29-21-10-11-22-23(24(21)37-13-12-16-4-6-19(7-5-16)28(35)36)26(33)32-25(31-22)27(34)30-15-17-2-1-3-20(14-17)18-8-9-18/h1-7,10-11,14,18H,8-9,12-13,15H2,(H,30,34)(H,35,36)(H,31,32,33). The number of fused-ring (bicyclic) bond motifs is 1. The Bertz CT molecular complexity index is 1540. The number of benzene rings is 3. The minimum Gasteiger partial charge on any atom is -0.489 e. The molecule has 9 heteroatoms. The molecule has 0 spiro atoms. The second-order valence-electron chi connectivity index (χ2n) is 8.99. The molecule has 0 saturated heterocycles. The van der Waals surface area contributed by atoms with Crippen LogP contribution in [0.2, 0.25) is 0 Å². The number of aromatic nitrogens is 2. The predicted octanol–water partition coefficient (Wildman–Crippen LogP) is 4.19. The summed E-state index contributed by atoms with van der Waals surface area (Å²) in [4.78, 5) is 43.2. The average Bonchev–Trinajstić information content (AvgIpc) is 3.75. The van der Waals surface area contributed by atoms with E-state index in [-0.39, 0.29) is 41.2 Å². The molecular weight excluding hydrogens is 477 g/mol. The zero-order chi connectivity index (χ0) is 25.9. The number of ether oxygens (including phenoxy) is 1. The van der Waals surface area contributed by atoms with E-state index in [0.717, 1.165) is 17.2 Å². The highest BCUT2D eigenvalue weighted by Gasteiger charge is 2.23. The van der Waals surface area contributed by atoms with E-state index in [1.165, 1.54) is 36.6 Å². The van der Waals surface area contributed by atoms with Crippen LogP contribution in [0.15, 0.2) is 65.5 Å². The van der Waals surface area contributed by atoms with Crippen LogP contribution in [0.1, 0.15) is 56.4 Å². The van der Waals surface area contributed by atoms with Crippen molar-refractivity contribution in [2.24, 2.45) is 0 Å². The van der Waals surface area contributed by atoms with Crippen LogP contribution in [0, 0.1) is 5.82 Å². The first kappa shape index (κ1) is 24.2. The summed E-state index contributed by atoms with van der Waals surface area (Å²) in [7, 11) is 0. The molecule has 0 bridgehead atoms. The molecule has 4 aromatic rings. The second-order valence-corrected chi connectivity index (χ2v) is 8.99. The molecule has 3 aromatic carbocycles. The zero-order valence-electron chi connectivity index (χ0n) is 19.8. The molecular formula is C28H24FN3O5. The zero-order valence-corrected chi connectivity index (χ0v) is 19.8. The topological polar surface area (TPSA) is 121 Å². The van der Waals surface area contributed by atoms with E-state index >= 15 is 0 Å². The van der Waals surface area contributed by atoms with Crippen molar-refractivity contribution in [1.29, 1.82) is 0 Å². The van der Waals surface area contributed by atoms with Crippen LogP contribution < -0.4 is 15.6 Å². The van der Waals surface area contributed by atoms with Gasteiger partial charge in [-0.2, -0.15) is 0 Å². The van der Waals surface area contributed by atoms with E-state index in [9.17, 15) is 18.8 Å². The lowest BCUT2D eigenvalue weighted by atomic mass is 10.1. The maximum Gasteiger partial charge on any atom is 0.335 e. The number of nitrogens with one attached hydrogen (secondary N) is 2. The number of carboxylic acid groups (broad SMARTS) is 1. The van der Waals surface area contributed by atoms with Crippen LogP contribution in [0.5, 0.6) is 5.75 Å². The maximum atomic E-state index is 14.6. The Hall–Kier alpha value is -4.53. The minimum absolute atomic E-state index is 0.0457. The van der Waals surface area contributed by atoms with Crippen molar-refractivity contribution in [2.45, 2.75) is 31.7 Å². The number of carbonyl (C=O) groups excluding carboxylic acids is 1. The van der Waals surface area contributed by atoms with Gasteiger partial charge in [0.05, 0.1) is 17.7 Å². The minimum atomic E-state index is -1.02. The molecule has 5 rings (SSSR count). The quantitative estimate of drug-likeness (QED) is 0.316. The lowest BCUT2D eigenvalue weighted by Gasteiger charge is -2.11. The van der Waals surface area contributed by atoms with Gasteiger partial charge in [-0.05, 0) is 59.7 Å². The summed E-state index contributed by atoms with van der Waals surface area (Å²) in [6.45, 7) is 0.330. The van der Waals surface area contributed by atoms with Crippen LogP contribution in [-0.2, 0) is 13.0 Å². The monoisotopic (exact) mass is 501 g/mol. The van der Waals surface area contributed by atoms with Crippen LogP contribution in [-0.4, -0.2) is 33.6 Å². The van der Waals surface area contributed by atoms with Gasteiger partial charge in [0.1, 0.15) is 5.39 Å². The summed E-state index contributed by atoms with van der Waals surface area (Å²) in [5.74, 6) is -2.13. The third-order valence-electron chi connectivity index (χ3n) is 6.28. The number of halogens is 1. The maximum absolute atomic E-state index is 14.6. The Kier molecular flexibility index (Phi) is 6.68. The van der Waals surface area contributed by atoms with Crippen LogP contribution in [0.3, 0.4) is 0 Å². The molecule has 1 amide bonds. The number of nitrogens with zero attached hydrogens (tertiary/aromatic N) is 1. The number of hydrogen-bond donors (Lipinski definition) is 3. The fraction of sp³-hybridized carbons (Fsp3) is 0.214. The van der Waals surface area contributed by atoms with Crippen LogP contribution in [0.4, 0.5) is 4.39 Å². The Morgan fingerprint density at radius 2 is 1.86 bits per heavy atom. The molecule has 3 N–H and O–H groups in total. The Morgan fingerprint density at radius 3 is 2.59 bits per heavy atom. The van der Waals surface area contributed by atoms with E-state index < -0.39 is 23.3 Å². The number of carboxylic acids is 1. The molecule has 8 nitrogen and oxygen atoms in total. The van der Waals surface area contributed by atoms with Crippen molar-refractivity contribution in [2.75, 3.05) is 6.61 Å². The summed E-state index contributed by atoms with van der Waals surface area (Å²) in [6, 6.07) is 16.7. The van der Waals surface area contributed by atoms with E-state index in [4.69, 9.17) is 9.84 Å². The van der Waals surface area contributed by atoms with Crippen molar-refractivity contribution in [3.05, 3.63) is 105 Å². The first-order valence-electron chi connectivity index (χ1n) is 11.9. The van der Waals surface area contributed by atoms with E-state index in [2.05, 4.69) is 27.4 Å². The third-order valence-corrected chi connectivity index (χ3v) is 6.28. The first-order chi connectivity index (χ1) is 17.9. The molecule has 0 atom stereocenters. The van der Waals surface area contributed by atoms with Gasteiger partial charge in [0.25, 0.3) is 11.5 Å². The van der Waals surface area contributed by atoms with E-state index in [0.29, 0.717) is 12.3 Å². The van der Waals surface area contributed by atoms with Crippen molar-refractivity contribution < 1.29 is 23.8 Å². The number of H-pyrrole nitrogens is 1. The number of amides is 1. The molecule has 0 aliphatic heterocycles. The molecule has 0 radical (unpaired) electrons. The number of aromatic amines is 1. The highest BCUT2D eigenvalue weighted by molar-refractivity contribution is 5.93. The molecule has 1 aliphatic carbocycles. The summed E-state index contributed by atoms with van der Waals surface area (Å²) in [6.07, 6.45) is 2.73. The summed E-state index contributed by atoms with van der Waals surface area (Å²) >= 11 is 0. The van der Waals surface area contributed by atoms with Gasteiger partial charge in [0.15, 0.2) is 17.4 Å². The van der Waals surface area contributed by atoms with Gasteiger partial charge in [-0.3, -0.25) is 9.59 Å². The highest BCUT2D eigenvalue weighted by atomic mass is 19.1. The van der Waals surface area contributed by atoms with Crippen molar-refractivity contribution in [3.8, 4) is 5.75 Å². The van der Waals surface area contributed by atoms with Gasteiger partial charge in [0.2, 0.25) is 0 Å². The largest absolute Gasteiger partial charge is 0.489 e. The molecule has 1 aromatic heterocycles. The van der Waals surface area contributed by atoms with Crippen LogP contribution >= 0.6 is 0 Å². The third kappa shape index (κ3) is 5.50. The number of carbonyl (C=O) groups is 2. The lowest BCUT2D eigenvalue weighted by molar-refractivity contribution is 0.0696. The first-order valence-corrected chi connectivity index (χ1v) is 11.9. The lowest BCUT2D eigenvalue weighted by Crippen LogP contribution is -2.27. The van der Waals surface area contributed by atoms with Gasteiger partial charge in [-0.25, -0.2) is 14.2 Å².